The maximum atomic E-state index is 11.3. The lowest BCUT2D eigenvalue weighted by Crippen LogP contribution is -2.30. The Balaban J connectivity index is 2.51. The van der Waals surface area contributed by atoms with Gasteiger partial charge in [0.25, 0.3) is 0 Å². The second-order valence-corrected chi connectivity index (χ2v) is 3.47. The molecule has 82 valence electrons. The SMILES string of the molecule is CCO[C@H]1CN(C(=O)CCl)C[C@H]1OC. The van der Waals surface area contributed by atoms with Crippen LogP contribution in [0, 0.1) is 0 Å². The first kappa shape index (κ1) is 11.8. The molecule has 0 radical (unpaired) electrons. The number of methoxy groups -OCH3 is 1. The number of halogens is 1. The lowest BCUT2D eigenvalue weighted by molar-refractivity contribution is -0.128. The van der Waals surface area contributed by atoms with Crippen LogP contribution in [0.1, 0.15) is 6.92 Å². The third-order valence-corrected chi connectivity index (χ3v) is 2.59. The number of alkyl halides is 1. The monoisotopic (exact) mass is 221 g/mol. The van der Waals surface area contributed by atoms with Gasteiger partial charge in [0.2, 0.25) is 5.91 Å². The van der Waals surface area contributed by atoms with Gasteiger partial charge in [-0.1, -0.05) is 0 Å². The fourth-order valence-electron chi connectivity index (χ4n) is 1.63. The highest BCUT2D eigenvalue weighted by Crippen LogP contribution is 2.16. The molecule has 0 bridgehead atoms. The predicted octanol–water partition coefficient (Wildman–Crippen LogP) is 0.487. The highest BCUT2D eigenvalue weighted by Gasteiger charge is 2.35. The molecule has 5 heteroatoms. The maximum Gasteiger partial charge on any atom is 0.237 e. The molecule has 0 aromatic rings. The van der Waals surface area contributed by atoms with Gasteiger partial charge >= 0.3 is 0 Å². The van der Waals surface area contributed by atoms with Crippen molar-refractivity contribution in [1.29, 1.82) is 0 Å². The number of nitrogens with zero attached hydrogens (tertiary/aromatic N) is 1. The summed E-state index contributed by atoms with van der Waals surface area (Å²) in [6, 6.07) is 0. The van der Waals surface area contributed by atoms with E-state index in [1.54, 1.807) is 12.0 Å². The van der Waals surface area contributed by atoms with Gasteiger partial charge in [-0.2, -0.15) is 0 Å². The van der Waals surface area contributed by atoms with E-state index in [0.717, 1.165) is 0 Å². The van der Waals surface area contributed by atoms with Gasteiger partial charge in [0.05, 0.1) is 0 Å². The number of carbonyl (C=O) groups excluding carboxylic acids is 1. The average Bonchev–Trinajstić information content (AvgIpc) is 2.60. The molecule has 1 heterocycles. The fraction of sp³-hybridized carbons (Fsp3) is 0.889. The van der Waals surface area contributed by atoms with Crippen molar-refractivity contribution >= 4 is 17.5 Å². The molecule has 0 aromatic carbocycles. The van der Waals surface area contributed by atoms with E-state index in [9.17, 15) is 4.79 Å². The van der Waals surface area contributed by atoms with E-state index in [1.165, 1.54) is 0 Å². The Morgan fingerprint density at radius 2 is 2.14 bits per heavy atom. The molecular formula is C9H16ClNO3. The quantitative estimate of drug-likeness (QED) is 0.649. The molecule has 0 aromatic heterocycles. The molecule has 1 rings (SSSR count). The maximum absolute atomic E-state index is 11.3. The minimum Gasteiger partial charge on any atom is -0.377 e. The van der Waals surface area contributed by atoms with E-state index in [1.807, 2.05) is 6.92 Å². The highest BCUT2D eigenvalue weighted by atomic mass is 35.5. The Kier molecular flexibility index (Phi) is 4.65. The highest BCUT2D eigenvalue weighted by molar-refractivity contribution is 6.27. The first-order chi connectivity index (χ1) is 6.72. The lowest BCUT2D eigenvalue weighted by atomic mass is 10.2. The largest absolute Gasteiger partial charge is 0.377 e. The zero-order valence-corrected chi connectivity index (χ0v) is 9.29. The Labute approximate surface area is 89.1 Å². The summed E-state index contributed by atoms with van der Waals surface area (Å²) in [6.45, 7) is 3.72. The minimum atomic E-state index is -0.0593. The molecule has 0 unspecified atom stereocenters. The molecule has 4 nitrogen and oxygen atoms in total. The van der Waals surface area contributed by atoms with Crippen LogP contribution < -0.4 is 0 Å². The number of hydrogen-bond donors (Lipinski definition) is 0. The molecule has 14 heavy (non-hydrogen) atoms. The molecule has 0 N–H and O–H groups in total. The Morgan fingerprint density at radius 3 is 2.64 bits per heavy atom. The topological polar surface area (TPSA) is 38.8 Å². The molecule has 2 atom stereocenters. The Morgan fingerprint density at radius 1 is 1.50 bits per heavy atom. The van der Waals surface area contributed by atoms with Crippen molar-refractivity contribution in [2.45, 2.75) is 19.1 Å². The van der Waals surface area contributed by atoms with Gasteiger partial charge in [-0.25, -0.2) is 0 Å². The Hall–Kier alpha value is -0.320. The molecular weight excluding hydrogens is 206 g/mol. The summed E-state index contributed by atoms with van der Waals surface area (Å²) < 4.78 is 10.7. The van der Waals surface area contributed by atoms with Crippen LogP contribution in [0.15, 0.2) is 0 Å². The number of hydrogen-bond acceptors (Lipinski definition) is 3. The van der Waals surface area contributed by atoms with Gasteiger partial charge in [0.1, 0.15) is 18.1 Å². The van der Waals surface area contributed by atoms with Crippen molar-refractivity contribution in [3.05, 3.63) is 0 Å². The van der Waals surface area contributed by atoms with Crippen LogP contribution >= 0.6 is 11.6 Å². The molecule has 1 aliphatic rings. The summed E-state index contributed by atoms with van der Waals surface area (Å²) >= 11 is 5.47. The summed E-state index contributed by atoms with van der Waals surface area (Å²) in [5.74, 6) is -0.0362. The number of likely N-dealkylation sites (tertiary alicyclic amines) is 1. The summed E-state index contributed by atoms with van der Waals surface area (Å²) in [7, 11) is 1.63. The van der Waals surface area contributed by atoms with Crippen LogP contribution in [-0.2, 0) is 14.3 Å². The van der Waals surface area contributed by atoms with Crippen molar-refractivity contribution in [2.24, 2.45) is 0 Å². The number of rotatable bonds is 4. The van der Waals surface area contributed by atoms with Gasteiger partial charge < -0.3 is 14.4 Å². The molecule has 1 saturated heterocycles. The van der Waals surface area contributed by atoms with E-state index in [2.05, 4.69) is 0 Å². The van der Waals surface area contributed by atoms with Gasteiger partial charge in [0.15, 0.2) is 0 Å². The van der Waals surface area contributed by atoms with E-state index in [0.29, 0.717) is 19.7 Å². The summed E-state index contributed by atoms with van der Waals surface area (Å²) in [5, 5.41) is 0. The van der Waals surface area contributed by atoms with Crippen LogP contribution in [0.25, 0.3) is 0 Å². The molecule has 1 amide bonds. The van der Waals surface area contributed by atoms with E-state index in [4.69, 9.17) is 21.1 Å². The summed E-state index contributed by atoms with van der Waals surface area (Å²) in [6.07, 6.45) is -0.0423. The molecule has 1 fully saturated rings. The zero-order chi connectivity index (χ0) is 10.6. The van der Waals surface area contributed by atoms with Crippen LogP contribution in [0.3, 0.4) is 0 Å². The number of carbonyl (C=O) groups is 1. The van der Waals surface area contributed by atoms with Crippen LogP contribution in [0.5, 0.6) is 0 Å². The van der Waals surface area contributed by atoms with Gasteiger partial charge in [0, 0.05) is 26.8 Å². The van der Waals surface area contributed by atoms with E-state index in [-0.39, 0.29) is 24.0 Å². The van der Waals surface area contributed by atoms with Crippen molar-refractivity contribution in [1.82, 2.24) is 4.90 Å². The summed E-state index contributed by atoms with van der Waals surface area (Å²) in [5.41, 5.74) is 0. The molecule has 1 aliphatic heterocycles. The average molecular weight is 222 g/mol. The molecule has 0 saturated carbocycles. The van der Waals surface area contributed by atoms with Gasteiger partial charge in [-0.3, -0.25) is 4.79 Å². The Bertz CT molecular complexity index is 200. The van der Waals surface area contributed by atoms with Gasteiger partial charge in [-0.15, -0.1) is 11.6 Å². The normalized spacial score (nSPS) is 26.9. The first-order valence-corrected chi connectivity index (χ1v) is 5.24. The van der Waals surface area contributed by atoms with Crippen LogP contribution in [0.2, 0.25) is 0 Å². The van der Waals surface area contributed by atoms with E-state index < -0.39 is 0 Å². The smallest absolute Gasteiger partial charge is 0.237 e. The third-order valence-electron chi connectivity index (χ3n) is 2.37. The van der Waals surface area contributed by atoms with Crippen molar-refractivity contribution in [3.63, 3.8) is 0 Å². The number of amides is 1. The van der Waals surface area contributed by atoms with Gasteiger partial charge in [-0.05, 0) is 6.92 Å². The standard InChI is InChI=1S/C9H16ClNO3/c1-3-14-8-6-11(9(12)4-10)5-7(8)13-2/h7-8H,3-6H2,1-2H3/t7-,8+/m1/s1. The lowest BCUT2D eigenvalue weighted by Gasteiger charge is -2.15. The first-order valence-electron chi connectivity index (χ1n) is 4.71. The second-order valence-electron chi connectivity index (χ2n) is 3.20. The third kappa shape index (κ3) is 2.59. The molecule has 0 aliphatic carbocycles. The van der Waals surface area contributed by atoms with Crippen molar-refractivity contribution in [2.75, 3.05) is 32.7 Å². The van der Waals surface area contributed by atoms with Crippen LogP contribution in [-0.4, -0.2) is 55.7 Å². The second kappa shape index (κ2) is 5.53. The fourth-order valence-corrected chi connectivity index (χ4v) is 1.80. The van der Waals surface area contributed by atoms with Crippen LogP contribution in [0.4, 0.5) is 0 Å². The van der Waals surface area contributed by atoms with E-state index >= 15 is 0 Å². The minimum absolute atomic E-state index is 0.0165. The molecule has 0 spiro atoms. The van der Waals surface area contributed by atoms with Crippen molar-refractivity contribution < 1.29 is 14.3 Å². The number of ether oxygens (including phenoxy) is 2. The summed E-state index contributed by atoms with van der Waals surface area (Å²) in [4.78, 5) is 13.0. The zero-order valence-electron chi connectivity index (χ0n) is 8.53. The predicted molar refractivity (Wildman–Crippen MR) is 53.5 cm³/mol. The van der Waals surface area contributed by atoms with Crippen molar-refractivity contribution in [3.8, 4) is 0 Å².